The van der Waals surface area contributed by atoms with E-state index in [0.29, 0.717) is 12.2 Å². The summed E-state index contributed by atoms with van der Waals surface area (Å²) in [5.74, 6) is -0.0661. The standard InChI is InChI=1S/C15H14N4O2/c1-11-8-14(21-18-11)15(20)17-9-12-4-2-3-5-13(12)19-7-6-16-10-19/h2-8,10H,9H2,1H3,(H,17,20). The van der Waals surface area contributed by atoms with Crippen molar-refractivity contribution < 1.29 is 9.32 Å². The van der Waals surface area contributed by atoms with Gasteiger partial charge in [-0.05, 0) is 18.6 Å². The van der Waals surface area contributed by atoms with Crippen molar-refractivity contribution in [2.75, 3.05) is 0 Å². The van der Waals surface area contributed by atoms with Crippen LogP contribution in [0.4, 0.5) is 0 Å². The van der Waals surface area contributed by atoms with E-state index in [0.717, 1.165) is 11.3 Å². The number of aryl methyl sites for hydroxylation is 1. The molecule has 106 valence electrons. The van der Waals surface area contributed by atoms with Gasteiger partial charge in [-0.2, -0.15) is 0 Å². The molecule has 1 amide bonds. The Hall–Kier alpha value is -2.89. The number of imidazole rings is 1. The van der Waals surface area contributed by atoms with Crippen LogP contribution < -0.4 is 5.32 Å². The zero-order chi connectivity index (χ0) is 14.7. The molecule has 0 aliphatic carbocycles. The van der Waals surface area contributed by atoms with Crippen LogP contribution >= 0.6 is 0 Å². The second kappa shape index (κ2) is 5.62. The number of nitrogens with zero attached hydrogens (tertiary/aromatic N) is 3. The summed E-state index contributed by atoms with van der Waals surface area (Å²) in [6.07, 6.45) is 5.30. The first-order valence-corrected chi connectivity index (χ1v) is 6.52. The summed E-state index contributed by atoms with van der Waals surface area (Å²) in [7, 11) is 0. The van der Waals surface area contributed by atoms with E-state index in [2.05, 4.69) is 15.5 Å². The first-order chi connectivity index (χ1) is 10.2. The molecule has 6 nitrogen and oxygen atoms in total. The molecule has 6 heteroatoms. The average Bonchev–Trinajstić information content (AvgIpc) is 3.16. The number of aromatic nitrogens is 3. The number of para-hydroxylation sites is 1. The quantitative estimate of drug-likeness (QED) is 0.795. The van der Waals surface area contributed by atoms with Gasteiger partial charge in [-0.3, -0.25) is 4.79 Å². The summed E-state index contributed by atoms with van der Waals surface area (Å²) in [6.45, 7) is 2.17. The molecule has 0 saturated heterocycles. The van der Waals surface area contributed by atoms with Crippen molar-refractivity contribution >= 4 is 5.91 Å². The third-order valence-corrected chi connectivity index (χ3v) is 3.07. The van der Waals surface area contributed by atoms with Crippen molar-refractivity contribution in [1.82, 2.24) is 20.0 Å². The van der Waals surface area contributed by atoms with Crippen LogP contribution in [0.3, 0.4) is 0 Å². The lowest BCUT2D eigenvalue weighted by Crippen LogP contribution is -2.23. The van der Waals surface area contributed by atoms with Gasteiger partial charge in [0, 0.05) is 25.0 Å². The second-order valence-electron chi connectivity index (χ2n) is 4.61. The highest BCUT2D eigenvalue weighted by atomic mass is 16.5. The Morgan fingerprint density at radius 3 is 2.95 bits per heavy atom. The summed E-state index contributed by atoms with van der Waals surface area (Å²) >= 11 is 0. The van der Waals surface area contributed by atoms with Crippen molar-refractivity contribution in [2.24, 2.45) is 0 Å². The molecular weight excluding hydrogens is 268 g/mol. The maximum absolute atomic E-state index is 12.0. The second-order valence-corrected chi connectivity index (χ2v) is 4.61. The predicted octanol–water partition coefficient (Wildman–Crippen LogP) is 2.10. The molecule has 0 atom stereocenters. The zero-order valence-corrected chi connectivity index (χ0v) is 11.5. The Bertz CT molecular complexity index is 747. The minimum atomic E-state index is -0.281. The average molecular weight is 282 g/mol. The van der Waals surface area contributed by atoms with Crippen LogP contribution in [-0.4, -0.2) is 20.6 Å². The van der Waals surface area contributed by atoms with Crippen LogP contribution in [0.5, 0.6) is 0 Å². The van der Waals surface area contributed by atoms with Crippen LogP contribution in [0.25, 0.3) is 5.69 Å². The van der Waals surface area contributed by atoms with Gasteiger partial charge in [-0.15, -0.1) is 0 Å². The maximum Gasteiger partial charge on any atom is 0.290 e. The first kappa shape index (κ1) is 13.1. The summed E-state index contributed by atoms with van der Waals surface area (Å²) < 4.78 is 6.84. The van der Waals surface area contributed by atoms with Crippen LogP contribution in [0.1, 0.15) is 21.8 Å². The number of hydrogen-bond acceptors (Lipinski definition) is 4. The van der Waals surface area contributed by atoms with Crippen molar-refractivity contribution in [1.29, 1.82) is 0 Å². The number of carbonyl (C=O) groups is 1. The van der Waals surface area contributed by atoms with Gasteiger partial charge in [-0.1, -0.05) is 23.4 Å². The molecule has 2 heterocycles. The van der Waals surface area contributed by atoms with Gasteiger partial charge in [0.15, 0.2) is 0 Å². The molecule has 0 spiro atoms. The summed E-state index contributed by atoms with van der Waals surface area (Å²) in [5.41, 5.74) is 2.64. The van der Waals surface area contributed by atoms with E-state index >= 15 is 0 Å². The Kier molecular flexibility index (Phi) is 3.51. The molecule has 3 aromatic rings. The van der Waals surface area contributed by atoms with Crippen LogP contribution in [0.15, 0.2) is 53.6 Å². The molecule has 2 aromatic heterocycles. The van der Waals surface area contributed by atoms with Gasteiger partial charge in [0.25, 0.3) is 5.91 Å². The molecule has 0 unspecified atom stereocenters. The summed E-state index contributed by atoms with van der Waals surface area (Å²) in [4.78, 5) is 16.0. The van der Waals surface area contributed by atoms with Gasteiger partial charge in [0.05, 0.1) is 17.7 Å². The molecule has 0 radical (unpaired) electrons. The topological polar surface area (TPSA) is 73.0 Å². The lowest BCUT2D eigenvalue weighted by Gasteiger charge is -2.10. The molecule has 0 aliphatic heterocycles. The van der Waals surface area contributed by atoms with Gasteiger partial charge >= 0.3 is 0 Å². The van der Waals surface area contributed by atoms with Crippen molar-refractivity contribution in [2.45, 2.75) is 13.5 Å². The van der Waals surface area contributed by atoms with Gasteiger partial charge in [0.1, 0.15) is 0 Å². The van der Waals surface area contributed by atoms with E-state index < -0.39 is 0 Å². The van der Waals surface area contributed by atoms with Crippen LogP contribution in [0.2, 0.25) is 0 Å². The minimum Gasteiger partial charge on any atom is -0.351 e. The normalized spacial score (nSPS) is 10.5. The number of nitrogens with one attached hydrogen (secondary N) is 1. The Labute approximate surface area is 121 Å². The number of amides is 1. The van der Waals surface area contributed by atoms with E-state index in [1.807, 2.05) is 35.0 Å². The summed E-state index contributed by atoms with van der Waals surface area (Å²) in [6, 6.07) is 9.42. The van der Waals surface area contributed by atoms with E-state index in [1.165, 1.54) is 0 Å². The number of hydrogen-bond donors (Lipinski definition) is 1. The molecule has 1 N–H and O–H groups in total. The highest BCUT2D eigenvalue weighted by Gasteiger charge is 2.12. The van der Waals surface area contributed by atoms with Gasteiger partial charge in [-0.25, -0.2) is 4.98 Å². The maximum atomic E-state index is 12.0. The molecular formula is C15H14N4O2. The smallest absolute Gasteiger partial charge is 0.290 e. The van der Waals surface area contributed by atoms with Crippen molar-refractivity contribution in [3.63, 3.8) is 0 Å². The van der Waals surface area contributed by atoms with E-state index in [4.69, 9.17) is 4.52 Å². The van der Waals surface area contributed by atoms with E-state index in [9.17, 15) is 4.79 Å². The molecule has 0 bridgehead atoms. The van der Waals surface area contributed by atoms with Crippen LogP contribution in [-0.2, 0) is 6.54 Å². The number of rotatable bonds is 4. The number of benzene rings is 1. The van der Waals surface area contributed by atoms with Crippen LogP contribution in [0, 0.1) is 6.92 Å². The monoisotopic (exact) mass is 282 g/mol. The molecule has 1 aromatic carbocycles. The highest BCUT2D eigenvalue weighted by Crippen LogP contribution is 2.14. The minimum absolute atomic E-state index is 0.215. The molecule has 21 heavy (non-hydrogen) atoms. The van der Waals surface area contributed by atoms with E-state index in [1.54, 1.807) is 25.5 Å². The molecule has 3 rings (SSSR count). The largest absolute Gasteiger partial charge is 0.351 e. The summed E-state index contributed by atoms with van der Waals surface area (Å²) in [5, 5.41) is 6.53. The van der Waals surface area contributed by atoms with E-state index in [-0.39, 0.29) is 11.7 Å². The fourth-order valence-electron chi connectivity index (χ4n) is 2.05. The molecule has 0 saturated carbocycles. The predicted molar refractivity (Wildman–Crippen MR) is 76.0 cm³/mol. The zero-order valence-electron chi connectivity index (χ0n) is 11.5. The highest BCUT2D eigenvalue weighted by molar-refractivity contribution is 5.91. The fourth-order valence-corrected chi connectivity index (χ4v) is 2.05. The Morgan fingerprint density at radius 1 is 1.38 bits per heavy atom. The van der Waals surface area contributed by atoms with Gasteiger partial charge < -0.3 is 14.4 Å². The first-order valence-electron chi connectivity index (χ1n) is 6.52. The van der Waals surface area contributed by atoms with Crippen molar-refractivity contribution in [3.05, 3.63) is 66.1 Å². The Morgan fingerprint density at radius 2 is 2.24 bits per heavy atom. The third-order valence-electron chi connectivity index (χ3n) is 3.07. The number of carbonyl (C=O) groups excluding carboxylic acids is 1. The Balaban J connectivity index is 1.75. The lowest BCUT2D eigenvalue weighted by molar-refractivity contribution is 0.0914. The van der Waals surface area contributed by atoms with Crippen molar-refractivity contribution in [3.8, 4) is 5.69 Å². The molecule has 0 aliphatic rings. The SMILES string of the molecule is Cc1cc(C(=O)NCc2ccccc2-n2ccnc2)on1. The fraction of sp³-hybridized carbons (Fsp3) is 0.133. The molecule has 0 fully saturated rings. The third kappa shape index (κ3) is 2.84. The van der Waals surface area contributed by atoms with Gasteiger partial charge in [0.2, 0.25) is 5.76 Å². The lowest BCUT2D eigenvalue weighted by atomic mass is 10.1.